The van der Waals surface area contributed by atoms with Crippen LogP contribution in [0.4, 0.5) is 0 Å². The Labute approximate surface area is 116 Å². The van der Waals surface area contributed by atoms with Crippen LogP contribution in [0.2, 0.25) is 0 Å². The van der Waals surface area contributed by atoms with E-state index in [0.29, 0.717) is 11.4 Å². The molecule has 1 unspecified atom stereocenters. The van der Waals surface area contributed by atoms with Crippen molar-refractivity contribution in [3.05, 3.63) is 45.5 Å². The van der Waals surface area contributed by atoms with Gasteiger partial charge in [0.1, 0.15) is 16.4 Å². The van der Waals surface area contributed by atoms with Crippen molar-refractivity contribution in [1.82, 2.24) is 5.32 Å². The van der Waals surface area contributed by atoms with Crippen molar-refractivity contribution >= 4 is 17.3 Å². The zero-order valence-corrected chi connectivity index (χ0v) is 12.0. The summed E-state index contributed by atoms with van der Waals surface area (Å²) in [5.41, 5.74) is 0. The van der Waals surface area contributed by atoms with Gasteiger partial charge in [0.15, 0.2) is 0 Å². The van der Waals surface area contributed by atoms with Crippen molar-refractivity contribution in [2.24, 2.45) is 0 Å². The van der Waals surface area contributed by atoms with Crippen LogP contribution in [-0.2, 0) is 11.3 Å². The molecular weight excluding hydrogens is 262 g/mol. The first-order valence-electron chi connectivity index (χ1n) is 6.07. The molecule has 102 valence electrons. The quantitative estimate of drug-likeness (QED) is 0.853. The normalized spacial score (nSPS) is 12.4. The highest BCUT2D eigenvalue weighted by Crippen LogP contribution is 2.20. The number of hydrogen-bond acceptors (Lipinski definition) is 5. The second-order valence-corrected chi connectivity index (χ2v) is 5.48. The molecule has 0 aliphatic heterocycles. The van der Waals surface area contributed by atoms with E-state index in [1.54, 1.807) is 6.07 Å². The highest BCUT2D eigenvalue weighted by molar-refractivity contribution is 7.13. The summed E-state index contributed by atoms with van der Waals surface area (Å²) in [6.45, 7) is 4.67. The second kappa shape index (κ2) is 6.04. The van der Waals surface area contributed by atoms with Crippen molar-refractivity contribution in [2.75, 3.05) is 7.11 Å². The van der Waals surface area contributed by atoms with E-state index in [1.807, 2.05) is 32.0 Å². The molecule has 1 N–H and O–H groups in total. The number of carbonyl (C=O) groups is 1. The second-order valence-electron chi connectivity index (χ2n) is 4.31. The molecule has 2 aromatic heterocycles. The van der Waals surface area contributed by atoms with Crippen molar-refractivity contribution in [3.63, 3.8) is 0 Å². The van der Waals surface area contributed by atoms with Gasteiger partial charge < -0.3 is 14.5 Å². The largest absolute Gasteiger partial charge is 0.465 e. The molecule has 2 aromatic rings. The molecule has 19 heavy (non-hydrogen) atoms. The van der Waals surface area contributed by atoms with Gasteiger partial charge >= 0.3 is 5.97 Å². The summed E-state index contributed by atoms with van der Waals surface area (Å²) in [6.07, 6.45) is 0. The molecule has 1 atom stereocenters. The Balaban J connectivity index is 1.91. The third kappa shape index (κ3) is 3.45. The van der Waals surface area contributed by atoms with Gasteiger partial charge in [-0.05, 0) is 38.1 Å². The summed E-state index contributed by atoms with van der Waals surface area (Å²) in [5, 5.41) is 3.36. The summed E-state index contributed by atoms with van der Waals surface area (Å²) < 4.78 is 10.2. The summed E-state index contributed by atoms with van der Waals surface area (Å²) in [4.78, 5) is 13.1. The van der Waals surface area contributed by atoms with E-state index in [1.165, 1.54) is 18.4 Å². The van der Waals surface area contributed by atoms with E-state index in [9.17, 15) is 4.79 Å². The van der Waals surface area contributed by atoms with Crippen LogP contribution in [0.1, 0.15) is 39.0 Å². The highest BCUT2D eigenvalue weighted by atomic mass is 32.1. The lowest BCUT2D eigenvalue weighted by atomic mass is 10.2. The van der Waals surface area contributed by atoms with Crippen LogP contribution in [0.25, 0.3) is 0 Å². The monoisotopic (exact) mass is 279 g/mol. The van der Waals surface area contributed by atoms with Gasteiger partial charge in [-0.25, -0.2) is 4.79 Å². The van der Waals surface area contributed by atoms with Crippen LogP contribution in [0.3, 0.4) is 0 Å². The fourth-order valence-corrected chi connectivity index (χ4v) is 2.60. The van der Waals surface area contributed by atoms with E-state index in [4.69, 9.17) is 4.42 Å². The summed E-state index contributed by atoms with van der Waals surface area (Å²) in [5.74, 6) is 1.54. The van der Waals surface area contributed by atoms with Gasteiger partial charge in [0.25, 0.3) is 0 Å². The van der Waals surface area contributed by atoms with Crippen molar-refractivity contribution in [2.45, 2.75) is 26.4 Å². The predicted octanol–water partition coefficient (Wildman–Crippen LogP) is 3.29. The average molecular weight is 279 g/mol. The van der Waals surface area contributed by atoms with E-state index < -0.39 is 0 Å². The lowest BCUT2D eigenvalue weighted by Gasteiger charge is -2.10. The third-order valence-electron chi connectivity index (χ3n) is 2.82. The van der Waals surface area contributed by atoms with Crippen molar-refractivity contribution in [3.8, 4) is 0 Å². The standard InChI is InChI=1S/C14H17NO3S/c1-9-4-6-12(18-9)10(2)15-8-11-5-7-13(19-11)14(16)17-3/h4-7,10,15H,8H2,1-3H3. The molecule has 0 saturated heterocycles. The smallest absolute Gasteiger partial charge is 0.348 e. The van der Waals surface area contributed by atoms with Gasteiger partial charge in [0.05, 0.1) is 13.2 Å². The number of ether oxygens (including phenoxy) is 1. The summed E-state index contributed by atoms with van der Waals surface area (Å²) >= 11 is 1.44. The van der Waals surface area contributed by atoms with Gasteiger partial charge in [0, 0.05) is 11.4 Å². The predicted molar refractivity (Wildman–Crippen MR) is 74.4 cm³/mol. The lowest BCUT2D eigenvalue weighted by Crippen LogP contribution is -2.16. The molecule has 0 aliphatic carbocycles. The van der Waals surface area contributed by atoms with Crippen LogP contribution in [0.15, 0.2) is 28.7 Å². The Morgan fingerprint density at radius 2 is 2.21 bits per heavy atom. The fourth-order valence-electron chi connectivity index (χ4n) is 1.72. The fraction of sp³-hybridized carbons (Fsp3) is 0.357. The maximum Gasteiger partial charge on any atom is 0.348 e. The summed E-state index contributed by atoms with van der Waals surface area (Å²) in [7, 11) is 1.39. The van der Waals surface area contributed by atoms with Crippen LogP contribution in [-0.4, -0.2) is 13.1 Å². The van der Waals surface area contributed by atoms with E-state index in [-0.39, 0.29) is 12.0 Å². The number of hydrogen-bond donors (Lipinski definition) is 1. The molecule has 2 heterocycles. The van der Waals surface area contributed by atoms with E-state index in [2.05, 4.69) is 10.1 Å². The van der Waals surface area contributed by atoms with Gasteiger partial charge in [-0.15, -0.1) is 11.3 Å². The number of carbonyl (C=O) groups excluding carboxylic acids is 1. The molecule has 0 amide bonds. The zero-order chi connectivity index (χ0) is 13.8. The van der Waals surface area contributed by atoms with E-state index in [0.717, 1.165) is 16.4 Å². The molecule has 0 radical (unpaired) electrons. The number of aryl methyl sites for hydroxylation is 1. The highest BCUT2D eigenvalue weighted by Gasteiger charge is 2.11. The van der Waals surface area contributed by atoms with E-state index >= 15 is 0 Å². The Hall–Kier alpha value is -1.59. The minimum Gasteiger partial charge on any atom is -0.465 e. The number of furan rings is 1. The molecule has 0 aromatic carbocycles. The Morgan fingerprint density at radius 3 is 2.84 bits per heavy atom. The molecule has 0 aliphatic rings. The van der Waals surface area contributed by atoms with Crippen molar-refractivity contribution < 1.29 is 13.9 Å². The molecule has 0 spiro atoms. The van der Waals surface area contributed by atoms with Crippen LogP contribution in [0.5, 0.6) is 0 Å². The SMILES string of the molecule is COC(=O)c1ccc(CNC(C)c2ccc(C)o2)s1. The number of esters is 1. The number of nitrogens with one attached hydrogen (secondary N) is 1. The number of methoxy groups -OCH3 is 1. The minimum absolute atomic E-state index is 0.136. The Morgan fingerprint density at radius 1 is 1.42 bits per heavy atom. The summed E-state index contributed by atoms with van der Waals surface area (Å²) in [6, 6.07) is 7.78. The molecule has 4 nitrogen and oxygen atoms in total. The van der Waals surface area contributed by atoms with Gasteiger partial charge in [-0.2, -0.15) is 0 Å². The topological polar surface area (TPSA) is 51.5 Å². The first-order valence-corrected chi connectivity index (χ1v) is 6.88. The van der Waals surface area contributed by atoms with Crippen molar-refractivity contribution in [1.29, 1.82) is 0 Å². The van der Waals surface area contributed by atoms with Gasteiger partial charge in [-0.1, -0.05) is 0 Å². The molecule has 0 bridgehead atoms. The molecule has 2 rings (SSSR count). The lowest BCUT2D eigenvalue weighted by molar-refractivity contribution is 0.0606. The maximum absolute atomic E-state index is 11.3. The maximum atomic E-state index is 11.3. The first kappa shape index (κ1) is 13.8. The van der Waals surface area contributed by atoms with Crippen LogP contribution < -0.4 is 5.32 Å². The van der Waals surface area contributed by atoms with Gasteiger partial charge in [-0.3, -0.25) is 0 Å². The Kier molecular flexibility index (Phi) is 4.39. The third-order valence-corrected chi connectivity index (χ3v) is 3.88. The molecule has 0 fully saturated rings. The zero-order valence-electron chi connectivity index (χ0n) is 11.2. The minimum atomic E-state index is -0.286. The Bertz CT molecular complexity index is 559. The number of thiophene rings is 1. The molecule has 5 heteroatoms. The molecular formula is C14H17NO3S. The average Bonchev–Trinajstić information content (AvgIpc) is 3.04. The van der Waals surface area contributed by atoms with Crippen LogP contribution >= 0.6 is 11.3 Å². The first-order chi connectivity index (χ1) is 9.10. The molecule has 0 saturated carbocycles. The van der Waals surface area contributed by atoms with Crippen LogP contribution in [0, 0.1) is 6.92 Å². The number of rotatable bonds is 5. The van der Waals surface area contributed by atoms with Gasteiger partial charge in [0.2, 0.25) is 0 Å².